The molecule has 0 spiro atoms. The number of fused-ring (bicyclic) bond motifs is 5. The molecule has 2 fully saturated rings. The van der Waals surface area contributed by atoms with Gasteiger partial charge in [-0.05, 0) is 120 Å². The Morgan fingerprint density at radius 3 is 2.03 bits per heavy atom. The van der Waals surface area contributed by atoms with Crippen LogP contribution in [0.15, 0.2) is 35.3 Å². The number of hydrogen-bond donors (Lipinski definition) is 0. The van der Waals surface area contributed by atoms with Crippen molar-refractivity contribution in [1.29, 1.82) is 0 Å². The number of hydrogen-bond acceptors (Lipinski definition) is 3. The second kappa shape index (κ2) is 8.49. The fraction of sp³-hybridized carbons (Fsp3) is 0.786. The van der Waals surface area contributed by atoms with Crippen LogP contribution in [0.2, 0.25) is 58.9 Å². The molecule has 0 radical (unpaired) electrons. The molecule has 3 nitrogen and oxygen atoms in total. The molecule has 192 valence electrons. The Bertz CT molecular complexity index is 901. The highest BCUT2D eigenvalue weighted by atomic mass is 28.4. The molecular weight excluding hydrogens is 469 g/mol. The summed E-state index contributed by atoms with van der Waals surface area (Å²) in [7, 11) is -4.97. The molecule has 4 aliphatic rings. The molecule has 0 aliphatic heterocycles. The predicted molar refractivity (Wildman–Crippen MR) is 151 cm³/mol. The maximum absolute atomic E-state index is 6.90. The van der Waals surface area contributed by atoms with E-state index in [4.69, 9.17) is 13.3 Å². The van der Waals surface area contributed by atoms with Gasteiger partial charge in [0.1, 0.15) is 5.76 Å². The molecule has 6 heteroatoms. The molecule has 0 aromatic rings. The summed E-state index contributed by atoms with van der Waals surface area (Å²) in [6, 6.07) is 0. The van der Waals surface area contributed by atoms with Crippen LogP contribution in [0, 0.1) is 28.6 Å². The van der Waals surface area contributed by atoms with E-state index in [0.717, 1.165) is 18.1 Å². The average molecular weight is 519 g/mol. The fourth-order valence-electron chi connectivity index (χ4n) is 7.49. The van der Waals surface area contributed by atoms with Crippen LogP contribution in [-0.4, -0.2) is 31.1 Å². The number of rotatable bonds is 6. The molecule has 0 aromatic heterocycles. The molecule has 4 aliphatic carbocycles. The molecule has 34 heavy (non-hydrogen) atoms. The Hall–Kier alpha value is -0.569. The molecule has 0 N–H and O–H groups in total. The molecule has 0 saturated heterocycles. The van der Waals surface area contributed by atoms with Crippen LogP contribution >= 0.6 is 0 Å². The second-order valence-electron chi connectivity index (χ2n) is 14.9. The average Bonchev–Trinajstić information content (AvgIpc) is 2.95. The Balaban J connectivity index is 1.73. The Labute approximate surface area is 212 Å². The zero-order chi connectivity index (χ0) is 25.3. The zero-order valence-electron chi connectivity index (χ0n) is 23.8. The summed E-state index contributed by atoms with van der Waals surface area (Å²) in [6.45, 7) is 25.9. The molecule has 0 amide bonds. The summed E-state index contributed by atoms with van der Waals surface area (Å²) >= 11 is 0. The lowest BCUT2D eigenvalue weighted by Gasteiger charge is -2.57. The van der Waals surface area contributed by atoms with Crippen LogP contribution < -0.4 is 0 Å². The standard InChI is InChI=1S/C28H50O3Si3/c1-27-16-14-20(29-32(3,4)5)18-24(27)25(30-33(6,7)8)19-21-22-12-13-26(31-34(9,10)11)28(22,2)17-15-23(21)27/h14,16,18,21-23,26H,12-13,15,17,19H2,1-11H3/t21?,22?,23?,26-,27+,28-/m0/s1. The minimum absolute atomic E-state index is 0.0310. The van der Waals surface area contributed by atoms with Crippen molar-refractivity contribution in [2.24, 2.45) is 28.6 Å². The topological polar surface area (TPSA) is 27.7 Å². The van der Waals surface area contributed by atoms with Crippen molar-refractivity contribution in [2.45, 2.75) is 111 Å². The lowest BCUT2D eigenvalue weighted by molar-refractivity contribution is -0.0525. The summed E-state index contributed by atoms with van der Waals surface area (Å²) < 4.78 is 20.2. The van der Waals surface area contributed by atoms with Crippen molar-refractivity contribution in [3.8, 4) is 0 Å². The van der Waals surface area contributed by atoms with Crippen LogP contribution in [0.3, 0.4) is 0 Å². The van der Waals surface area contributed by atoms with Crippen LogP contribution in [0.1, 0.15) is 46.0 Å². The van der Waals surface area contributed by atoms with Crippen molar-refractivity contribution in [3.05, 3.63) is 35.3 Å². The van der Waals surface area contributed by atoms with Crippen molar-refractivity contribution in [3.63, 3.8) is 0 Å². The van der Waals surface area contributed by atoms with E-state index in [-0.39, 0.29) is 5.41 Å². The Kier molecular flexibility index (Phi) is 6.62. The van der Waals surface area contributed by atoms with Crippen LogP contribution in [-0.2, 0) is 13.3 Å². The van der Waals surface area contributed by atoms with Gasteiger partial charge in [-0.2, -0.15) is 0 Å². The molecular formula is C28H50O3Si3. The second-order valence-corrected chi connectivity index (χ2v) is 28.2. The highest BCUT2D eigenvalue weighted by Gasteiger charge is 2.60. The SMILES string of the molecule is C[C@]12C=CC(O[Si](C)(C)C)=CC1=C(O[Si](C)(C)C)CC1C2CC[C@@]2(C)C1CC[C@@H]2O[Si](C)(C)C. The third kappa shape index (κ3) is 5.12. The van der Waals surface area contributed by atoms with Gasteiger partial charge in [-0.25, -0.2) is 0 Å². The van der Waals surface area contributed by atoms with Crippen LogP contribution in [0.5, 0.6) is 0 Å². The molecule has 2 saturated carbocycles. The predicted octanol–water partition coefficient (Wildman–Crippen LogP) is 8.47. The van der Waals surface area contributed by atoms with Crippen LogP contribution in [0.4, 0.5) is 0 Å². The van der Waals surface area contributed by atoms with Gasteiger partial charge >= 0.3 is 0 Å². The molecule has 4 rings (SSSR count). The molecule has 0 aromatic carbocycles. The maximum atomic E-state index is 6.90. The van der Waals surface area contributed by atoms with Crippen molar-refractivity contribution >= 4 is 25.0 Å². The summed E-state index contributed by atoms with van der Waals surface area (Å²) in [6.07, 6.45) is 13.7. The smallest absolute Gasteiger partial charge is 0.242 e. The fourth-order valence-corrected chi connectivity index (χ4v) is 10.5. The highest BCUT2D eigenvalue weighted by Crippen LogP contribution is 2.65. The van der Waals surface area contributed by atoms with Crippen LogP contribution in [0.25, 0.3) is 0 Å². The molecule has 0 bridgehead atoms. The number of allylic oxidation sites excluding steroid dienone is 5. The molecule has 6 atom stereocenters. The first-order valence-corrected chi connectivity index (χ1v) is 23.8. The maximum Gasteiger partial charge on any atom is 0.242 e. The van der Waals surface area contributed by atoms with Gasteiger partial charge < -0.3 is 13.3 Å². The van der Waals surface area contributed by atoms with E-state index in [9.17, 15) is 0 Å². The summed E-state index contributed by atoms with van der Waals surface area (Å²) in [5.74, 6) is 4.37. The molecule has 0 heterocycles. The Morgan fingerprint density at radius 2 is 1.44 bits per heavy atom. The van der Waals surface area contributed by atoms with E-state index in [1.54, 1.807) is 0 Å². The monoisotopic (exact) mass is 518 g/mol. The summed E-state index contributed by atoms with van der Waals surface area (Å²) in [5, 5.41) is 0. The van der Waals surface area contributed by atoms with Gasteiger partial charge in [-0.15, -0.1) is 0 Å². The van der Waals surface area contributed by atoms with Gasteiger partial charge in [0.25, 0.3) is 0 Å². The highest BCUT2D eigenvalue weighted by molar-refractivity contribution is 6.70. The lowest BCUT2D eigenvalue weighted by Crippen LogP contribution is -2.52. The van der Waals surface area contributed by atoms with Gasteiger partial charge in [0.15, 0.2) is 8.32 Å². The largest absolute Gasteiger partial charge is 0.547 e. The summed E-state index contributed by atoms with van der Waals surface area (Å²) in [4.78, 5) is 0. The van der Waals surface area contributed by atoms with Crippen molar-refractivity contribution in [2.75, 3.05) is 0 Å². The first kappa shape index (κ1) is 26.5. The van der Waals surface area contributed by atoms with Gasteiger partial charge in [0.05, 0.1) is 11.9 Å². The third-order valence-electron chi connectivity index (χ3n) is 8.65. The quantitative estimate of drug-likeness (QED) is 0.330. The zero-order valence-corrected chi connectivity index (χ0v) is 26.8. The normalized spacial score (nSPS) is 38.1. The van der Waals surface area contributed by atoms with E-state index in [1.807, 2.05) is 0 Å². The minimum Gasteiger partial charge on any atom is -0.547 e. The first-order valence-electron chi connectivity index (χ1n) is 13.6. The Morgan fingerprint density at radius 1 is 0.794 bits per heavy atom. The first-order chi connectivity index (χ1) is 15.4. The van der Waals surface area contributed by atoms with Crippen molar-refractivity contribution < 1.29 is 13.3 Å². The third-order valence-corrected chi connectivity index (χ3v) is 11.4. The van der Waals surface area contributed by atoms with Gasteiger partial charge in [0.2, 0.25) is 16.6 Å². The van der Waals surface area contributed by atoms with E-state index in [0.29, 0.717) is 23.4 Å². The van der Waals surface area contributed by atoms with E-state index in [2.05, 4.69) is 91.0 Å². The summed E-state index contributed by atoms with van der Waals surface area (Å²) in [5.41, 5.74) is 1.74. The van der Waals surface area contributed by atoms with E-state index < -0.39 is 25.0 Å². The lowest BCUT2D eigenvalue weighted by atomic mass is 9.49. The van der Waals surface area contributed by atoms with Gasteiger partial charge in [0, 0.05) is 17.4 Å². The van der Waals surface area contributed by atoms with Crippen molar-refractivity contribution in [1.82, 2.24) is 0 Å². The van der Waals surface area contributed by atoms with Gasteiger partial charge in [-0.1, -0.05) is 19.9 Å². The van der Waals surface area contributed by atoms with E-state index >= 15 is 0 Å². The molecule has 3 unspecified atom stereocenters. The van der Waals surface area contributed by atoms with Gasteiger partial charge in [-0.3, -0.25) is 0 Å². The van der Waals surface area contributed by atoms with E-state index in [1.165, 1.54) is 37.0 Å². The minimum atomic E-state index is -1.74.